The molecule has 5 aliphatic rings. The van der Waals surface area contributed by atoms with Crippen molar-refractivity contribution >= 4 is 29.5 Å². The summed E-state index contributed by atoms with van der Waals surface area (Å²) in [7, 11) is 0. The van der Waals surface area contributed by atoms with Gasteiger partial charge in [0.1, 0.15) is 12.6 Å². The van der Waals surface area contributed by atoms with Crippen LogP contribution in [0.15, 0.2) is 48.5 Å². The lowest BCUT2D eigenvalue weighted by molar-refractivity contribution is -0.136. The van der Waals surface area contributed by atoms with Crippen LogP contribution in [0.4, 0.5) is 10.5 Å². The number of nitrogens with one attached hydrogen (secondary N) is 1. The first-order valence-electron chi connectivity index (χ1n) is 16.0. The van der Waals surface area contributed by atoms with Crippen LogP contribution in [0, 0.1) is 5.41 Å². The minimum Gasteiger partial charge on any atom is -0.445 e. The number of carbonyl (C=O) groups is 4. The molecule has 4 fully saturated rings. The highest BCUT2D eigenvalue weighted by Crippen LogP contribution is 2.47. The number of hydrogen-bond donors (Lipinski definition) is 1. The van der Waals surface area contributed by atoms with E-state index in [2.05, 4.69) is 16.3 Å². The van der Waals surface area contributed by atoms with Gasteiger partial charge >= 0.3 is 6.09 Å². The fraction of sp³-hybridized carbons (Fsp3) is 0.529. The summed E-state index contributed by atoms with van der Waals surface area (Å²) in [5.74, 6) is -0.783. The fourth-order valence-electron chi connectivity index (χ4n) is 7.62. The minimum atomic E-state index is -0.588. The standard InChI is InChI=1S/C34H40N4O6/c39-30-9-8-29(31(40)35-30)38-19-24-18-25(6-7-28(24)32(38)41)37-21-34(22-37)14-10-26(11-15-34)44-27-12-16-36(17-13-27)33(42)43-20-23-4-2-1-3-5-23/h1-7,18,26-27,29H,8-17,19-22H2,(H,35,39,40). The van der Waals surface area contributed by atoms with Crippen LogP contribution in [0.3, 0.4) is 0 Å². The molecule has 232 valence electrons. The number of benzene rings is 2. The third-order valence-electron chi connectivity index (χ3n) is 10.2. The van der Waals surface area contributed by atoms with Crippen LogP contribution in [0.25, 0.3) is 0 Å². The molecule has 2 aromatic rings. The maximum absolute atomic E-state index is 13.0. The van der Waals surface area contributed by atoms with Crippen molar-refractivity contribution in [3.63, 3.8) is 0 Å². The average molecular weight is 601 g/mol. The van der Waals surface area contributed by atoms with Crippen molar-refractivity contribution in [2.45, 2.75) is 82.8 Å². The van der Waals surface area contributed by atoms with Crippen LogP contribution in [-0.4, -0.2) is 78.0 Å². The lowest BCUT2D eigenvalue weighted by Crippen LogP contribution is -2.58. The molecule has 4 amide bonds. The summed E-state index contributed by atoms with van der Waals surface area (Å²) in [4.78, 5) is 55.2. The number of rotatable bonds is 6. The van der Waals surface area contributed by atoms with Crippen molar-refractivity contribution in [2.24, 2.45) is 5.41 Å². The third-order valence-corrected chi connectivity index (χ3v) is 10.2. The summed E-state index contributed by atoms with van der Waals surface area (Å²) in [5, 5.41) is 2.37. The molecule has 0 bridgehead atoms. The molecule has 3 saturated heterocycles. The van der Waals surface area contributed by atoms with Gasteiger partial charge in [0.15, 0.2) is 0 Å². The predicted octanol–water partition coefficient (Wildman–Crippen LogP) is 4.01. The first-order valence-corrected chi connectivity index (χ1v) is 16.0. The predicted molar refractivity (Wildman–Crippen MR) is 162 cm³/mol. The van der Waals surface area contributed by atoms with Crippen LogP contribution in [0.2, 0.25) is 0 Å². The van der Waals surface area contributed by atoms with Gasteiger partial charge in [-0.3, -0.25) is 19.7 Å². The van der Waals surface area contributed by atoms with Crippen molar-refractivity contribution in [1.82, 2.24) is 15.1 Å². The minimum absolute atomic E-state index is 0.131. The number of piperidine rings is 2. The number of likely N-dealkylation sites (tertiary alicyclic amines) is 1. The Labute approximate surface area is 257 Å². The summed E-state index contributed by atoms with van der Waals surface area (Å²) in [6.07, 6.45) is 6.96. The van der Waals surface area contributed by atoms with E-state index in [-0.39, 0.29) is 42.4 Å². The van der Waals surface area contributed by atoms with Crippen molar-refractivity contribution in [3.05, 3.63) is 65.2 Å². The van der Waals surface area contributed by atoms with Crippen molar-refractivity contribution in [1.29, 1.82) is 0 Å². The summed E-state index contributed by atoms with van der Waals surface area (Å²) in [6, 6.07) is 15.2. The third kappa shape index (κ3) is 5.79. The molecule has 10 nitrogen and oxygen atoms in total. The summed E-state index contributed by atoms with van der Waals surface area (Å²) < 4.78 is 12.0. The Morgan fingerprint density at radius 1 is 0.909 bits per heavy atom. The molecule has 4 heterocycles. The second-order valence-electron chi connectivity index (χ2n) is 13.2. The van der Waals surface area contributed by atoms with Gasteiger partial charge in [-0.15, -0.1) is 0 Å². The van der Waals surface area contributed by atoms with Crippen molar-refractivity contribution < 1.29 is 28.7 Å². The molecule has 2 aromatic carbocycles. The Morgan fingerprint density at radius 3 is 2.36 bits per heavy atom. The Balaban J connectivity index is 0.844. The largest absolute Gasteiger partial charge is 0.445 e. The number of fused-ring (bicyclic) bond motifs is 1. The first kappa shape index (κ1) is 28.8. The van der Waals surface area contributed by atoms with Crippen molar-refractivity contribution in [2.75, 3.05) is 31.1 Å². The van der Waals surface area contributed by atoms with Gasteiger partial charge in [0, 0.05) is 55.8 Å². The van der Waals surface area contributed by atoms with Gasteiger partial charge in [-0.25, -0.2) is 4.79 Å². The highest BCUT2D eigenvalue weighted by molar-refractivity contribution is 6.05. The molecule has 44 heavy (non-hydrogen) atoms. The second kappa shape index (κ2) is 11.9. The molecule has 10 heteroatoms. The van der Waals surface area contributed by atoms with E-state index in [4.69, 9.17) is 9.47 Å². The zero-order chi connectivity index (χ0) is 30.3. The van der Waals surface area contributed by atoms with Crippen molar-refractivity contribution in [3.8, 4) is 0 Å². The van der Waals surface area contributed by atoms with E-state index < -0.39 is 6.04 Å². The molecular weight excluding hydrogens is 560 g/mol. The molecule has 0 radical (unpaired) electrons. The Kier molecular flexibility index (Phi) is 7.78. The van der Waals surface area contributed by atoms with Crippen LogP contribution in [0.5, 0.6) is 0 Å². The number of anilines is 1. The van der Waals surface area contributed by atoms with E-state index >= 15 is 0 Å². The monoisotopic (exact) mass is 600 g/mol. The van der Waals surface area contributed by atoms with Gasteiger partial charge in [0.05, 0.1) is 12.2 Å². The topological polar surface area (TPSA) is 108 Å². The Hall–Kier alpha value is -3.92. The van der Waals surface area contributed by atoms with E-state index in [9.17, 15) is 19.2 Å². The number of hydrogen-bond acceptors (Lipinski definition) is 7. The second-order valence-corrected chi connectivity index (χ2v) is 13.2. The zero-order valence-corrected chi connectivity index (χ0v) is 25.0. The van der Waals surface area contributed by atoms with Gasteiger partial charge < -0.3 is 24.2 Å². The molecule has 0 aromatic heterocycles. The molecule has 1 atom stereocenters. The van der Waals surface area contributed by atoms with E-state index in [1.54, 1.807) is 9.80 Å². The van der Waals surface area contributed by atoms with E-state index in [0.717, 1.165) is 68.4 Å². The highest BCUT2D eigenvalue weighted by Gasteiger charge is 2.46. The molecule has 1 N–H and O–H groups in total. The zero-order valence-electron chi connectivity index (χ0n) is 25.0. The maximum Gasteiger partial charge on any atom is 0.410 e. The lowest BCUT2D eigenvalue weighted by atomic mass is 9.67. The summed E-state index contributed by atoms with van der Waals surface area (Å²) in [5.41, 5.74) is 4.04. The maximum atomic E-state index is 13.0. The number of nitrogens with zero attached hydrogens (tertiary/aromatic N) is 3. The SMILES string of the molecule is O=C1CCC(N2Cc3cc(N4CC5(CCC(OC6CCN(C(=O)OCc7ccccc7)CC6)CC5)C4)ccc3C2=O)C(=O)N1. The molecule has 1 aliphatic carbocycles. The normalized spacial score (nSPS) is 23.9. The van der Waals surface area contributed by atoms with Crippen LogP contribution < -0.4 is 10.2 Å². The Bertz CT molecular complexity index is 1420. The quantitative estimate of drug-likeness (QED) is 0.499. The molecule has 7 rings (SSSR count). The van der Waals surface area contributed by atoms with Gasteiger partial charge in [-0.05, 0) is 74.3 Å². The highest BCUT2D eigenvalue weighted by atomic mass is 16.6. The summed E-state index contributed by atoms with van der Waals surface area (Å²) >= 11 is 0. The van der Waals surface area contributed by atoms with Gasteiger partial charge in [-0.1, -0.05) is 30.3 Å². The molecule has 1 spiro atoms. The number of amides is 4. The number of imide groups is 1. The smallest absolute Gasteiger partial charge is 0.410 e. The number of ether oxygens (including phenoxy) is 2. The lowest BCUT2D eigenvalue weighted by Gasteiger charge is -2.54. The fourth-order valence-corrected chi connectivity index (χ4v) is 7.62. The molecular formula is C34H40N4O6. The van der Waals surface area contributed by atoms with Gasteiger partial charge in [-0.2, -0.15) is 0 Å². The summed E-state index contributed by atoms with van der Waals surface area (Å²) in [6.45, 7) is 4.05. The van der Waals surface area contributed by atoms with E-state index in [1.165, 1.54) is 0 Å². The average Bonchev–Trinajstić information content (AvgIpc) is 3.35. The molecule has 1 unspecified atom stereocenters. The van der Waals surface area contributed by atoms with Crippen LogP contribution >= 0.6 is 0 Å². The molecule has 4 aliphatic heterocycles. The van der Waals surface area contributed by atoms with Crippen LogP contribution in [0.1, 0.15) is 72.9 Å². The van der Waals surface area contributed by atoms with Crippen LogP contribution in [-0.2, 0) is 32.2 Å². The number of carbonyl (C=O) groups excluding carboxylic acids is 4. The van der Waals surface area contributed by atoms with Gasteiger partial charge in [0.25, 0.3) is 5.91 Å². The first-order chi connectivity index (χ1) is 21.4. The Morgan fingerprint density at radius 2 is 1.64 bits per heavy atom. The van der Waals surface area contributed by atoms with E-state index in [0.29, 0.717) is 43.6 Å². The van der Waals surface area contributed by atoms with Gasteiger partial charge in [0.2, 0.25) is 11.8 Å². The molecule has 1 saturated carbocycles. The van der Waals surface area contributed by atoms with E-state index in [1.807, 2.05) is 42.5 Å².